The lowest BCUT2D eigenvalue weighted by Gasteiger charge is -2.32. The van der Waals surface area contributed by atoms with E-state index < -0.39 is 29.4 Å². The summed E-state index contributed by atoms with van der Waals surface area (Å²) in [6.45, 7) is 11.7. The summed E-state index contributed by atoms with van der Waals surface area (Å²) in [5, 5.41) is 9.64. The SMILES string of the molecule is CC(C)(C)OC(=O)N1CCCN(C(=O)OC(C)(C)C)C(CO)C1. The molecule has 23 heavy (non-hydrogen) atoms. The number of carbonyl (C=O) groups excluding carboxylic acids is 2. The molecular formula is C16H30N2O5. The molecule has 1 unspecified atom stereocenters. The molecule has 0 saturated carbocycles. The fraction of sp³-hybridized carbons (Fsp3) is 0.875. The molecule has 134 valence electrons. The van der Waals surface area contributed by atoms with Crippen LogP contribution in [0, 0.1) is 0 Å². The second-order valence-corrected chi connectivity index (χ2v) is 7.79. The van der Waals surface area contributed by atoms with E-state index in [4.69, 9.17) is 9.47 Å². The molecule has 0 aliphatic carbocycles. The molecule has 1 saturated heterocycles. The van der Waals surface area contributed by atoms with Crippen LogP contribution in [-0.2, 0) is 9.47 Å². The maximum absolute atomic E-state index is 12.3. The largest absolute Gasteiger partial charge is 0.444 e. The van der Waals surface area contributed by atoms with Crippen molar-refractivity contribution in [3.8, 4) is 0 Å². The average Bonchev–Trinajstić information content (AvgIpc) is 2.56. The van der Waals surface area contributed by atoms with E-state index in [0.29, 0.717) is 19.5 Å². The Morgan fingerprint density at radius 3 is 2.00 bits per heavy atom. The summed E-state index contributed by atoms with van der Waals surface area (Å²) in [4.78, 5) is 27.6. The van der Waals surface area contributed by atoms with E-state index in [2.05, 4.69) is 0 Å². The first kappa shape index (κ1) is 19.5. The van der Waals surface area contributed by atoms with E-state index in [1.54, 1.807) is 41.5 Å². The highest BCUT2D eigenvalue weighted by Crippen LogP contribution is 2.18. The molecule has 1 rings (SSSR count). The number of rotatable bonds is 1. The van der Waals surface area contributed by atoms with E-state index in [1.165, 1.54) is 9.80 Å². The van der Waals surface area contributed by atoms with Gasteiger partial charge in [0, 0.05) is 19.6 Å². The standard InChI is InChI=1S/C16H30N2O5/c1-15(2,3)22-13(20)17-8-7-9-18(12(10-17)11-19)14(21)23-16(4,5)6/h12,19H,7-11H2,1-6H3. The summed E-state index contributed by atoms with van der Waals surface area (Å²) in [7, 11) is 0. The van der Waals surface area contributed by atoms with E-state index in [0.717, 1.165) is 0 Å². The third kappa shape index (κ3) is 6.64. The van der Waals surface area contributed by atoms with Crippen molar-refractivity contribution in [3.63, 3.8) is 0 Å². The Balaban J connectivity index is 2.78. The Kier molecular flexibility index (Phi) is 6.27. The van der Waals surface area contributed by atoms with Gasteiger partial charge in [0.25, 0.3) is 0 Å². The predicted octanol–water partition coefficient (Wildman–Crippen LogP) is 2.23. The second-order valence-electron chi connectivity index (χ2n) is 7.79. The van der Waals surface area contributed by atoms with Gasteiger partial charge >= 0.3 is 12.2 Å². The highest BCUT2D eigenvalue weighted by molar-refractivity contribution is 5.70. The first-order valence-corrected chi connectivity index (χ1v) is 8.01. The molecule has 0 aromatic carbocycles. The molecular weight excluding hydrogens is 300 g/mol. The smallest absolute Gasteiger partial charge is 0.410 e. The minimum absolute atomic E-state index is 0.227. The molecule has 1 N–H and O–H groups in total. The lowest BCUT2D eigenvalue weighted by Crippen LogP contribution is -2.49. The summed E-state index contributed by atoms with van der Waals surface area (Å²) in [6, 6.07) is -0.500. The molecule has 7 heteroatoms. The van der Waals surface area contributed by atoms with Crippen LogP contribution in [-0.4, -0.2) is 70.6 Å². The van der Waals surface area contributed by atoms with Crippen LogP contribution in [0.3, 0.4) is 0 Å². The van der Waals surface area contributed by atoms with E-state index >= 15 is 0 Å². The molecule has 1 heterocycles. The highest BCUT2D eigenvalue weighted by Gasteiger charge is 2.34. The number of amides is 2. The minimum Gasteiger partial charge on any atom is -0.444 e. The van der Waals surface area contributed by atoms with Crippen LogP contribution in [0.25, 0.3) is 0 Å². The number of aliphatic hydroxyl groups excluding tert-OH is 1. The Morgan fingerprint density at radius 1 is 1.00 bits per heavy atom. The van der Waals surface area contributed by atoms with Crippen molar-refractivity contribution in [2.45, 2.75) is 65.2 Å². The van der Waals surface area contributed by atoms with Crippen molar-refractivity contribution in [2.75, 3.05) is 26.2 Å². The van der Waals surface area contributed by atoms with Gasteiger partial charge in [0.2, 0.25) is 0 Å². The molecule has 2 amide bonds. The maximum Gasteiger partial charge on any atom is 0.410 e. The van der Waals surface area contributed by atoms with E-state index in [9.17, 15) is 14.7 Å². The quantitative estimate of drug-likeness (QED) is 0.797. The third-order valence-electron chi connectivity index (χ3n) is 3.19. The first-order valence-electron chi connectivity index (χ1n) is 8.01. The van der Waals surface area contributed by atoms with E-state index in [-0.39, 0.29) is 13.2 Å². The summed E-state index contributed by atoms with van der Waals surface area (Å²) in [5.74, 6) is 0. The number of hydrogen-bond acceptors (Lipinski definition) is 5. The molecule has 0 radical (unpaired) electrons. The van der Waals surface area contributed by atoms with Gasteiger partial charge in [-0.2, -0.15) is 0 Å². The Labute approximate surface area is 138 Å². The maximum atomic E-state index is 12.3. The predicted molar refractivity (Wildman–Crippen MR) is 86.2 cm³/mol. The van der Waals surface area contributed by atoms with Gasteiger partial charge in [-0.3, -0.25) is 0 Å². The van der Waals surface area contributed by atoms with Crippen molar-refractivity contribution in [3.05, 3.63) is 0 Å². The molecule has 0 spiro atoms. The summed E-state index contributed by atoms with van der Waals surface area (Å²) < 4.78 is 10.8. The van der Waals surface area contributed by atoms with Crippen LogP contribution in [0.5, 0.6) is 0 Å². The lowest BCUT2D eigenvalue weighted by atomic mass is 10.2. The first-order chi connectivity index (χ1) is 10.4. The van der Waals surface area contributed by atoms with Crippen LogP contribution in [0.15, 0.2) is 0 Å². The van der Waals surface area contributed by atoms with Gasteiger partial charge in [0.15, 0.2) is 0 Å². The number of hydrogen-bond donors (Lipinski definition) is 1. The van der Waals surface area contributed by atoms with Gasteiger partial charge in [-0.25, -0.2) is 9.59 Å². The van der Waals surface area contributed by atoms with Crippen LogP contribution in [0.2, 0.25) is 0 Å². The Hall–Kier alpha value is -1.50. The van der Waals surface area contributed by atoms with Gasteiger partial charge in [0.1, 0.15) is 11.2 Å². The highest BCUT2D eigenvalue weighted by atomic mass is 16.6. The fourth-order valence-corrected chi connectivity index (χ4v) is 2.27. The van der Waals surface area contributed by atoms with Crippen molar-refractivity contribution in [1.29, 1.82) is 0 Å². The molecule has 1 fully saturated rings. The molecule has 1 atom stereocenters. The number of nitrogens with zero attached hydrogens (tertiary/aromatic N) is 2. The van der Waals surface area contributed by atoms with Gasteiger partial charge in [-0.15, -0.1) is 0 Å². The number of aliphatic hydroxyl groups is 1. The molecule has 0 aromatic heterocycles. The number of carbonyl (C=O) groups is 2. The van der Waals surface area contributed by atoms with Crippen molar-refractivity contribution in [2.24, 2.45) is 0 Å². The number of ether oxygens (including phenoxy) is 2. The molecule has 0 bridgehead atoms. The van der Waals surface area contributed by atoms with Gasteiger partial charge in [-0.05, 0) is 48.0 Å². The minimum atomic E-state index is -0.603. The zero-order valence-electron chi connectivity index (χ0n) is 15.1. The molecule has 1 aliphatic rings. The van der Waals surface area contributed by atoms with Crippen LogP contribution < -0.4 is 0 Å². The Bertz CT molecular complexity index is 425. The normalized spacial score (nSPS) is 20.0. The zero-order valence-corrected chi connectivity index (χ0v) is 15.1. The van der Waals surface area contributed by atoms with Crippen LogP contribution >= 0.6 is 0 Å². The fourth-order valence-electron chi connectivity index (χ4n) is 2.27. The summed E-state index contributed by atoms with van der Waals surface area (Å²) in [6.07, 6.45) is -0.292. The van der Waals surface area contributed by atoms with Gasteiger partial charge < -0.3 is 24.4 Å². The average molecular weight is 330 g/mol. The summed E-state index contributed by atoms with van der Waals surface area (Å²) >= 11 is 0. The topological polar surface area (TPSA) is 79.3 Å². The third-order valence-corrected chi connectivity index (χ3v) is 3.19. The van der Waals surface area contributed by atoms with Crippen LogP contribution in [0.4, 0.5) is 9.59 Å². The van der Waals surface area contributed by atoms with Crippen LogP contribution in [0.1, 0.15) is 48.0 Å². The van der Waals surface area contributed by atoms with E-state index in [1.807, 2.05) is 0 Å². The van der Waals surface area contributed by atoms with Gasteiger partial charge in [0.05, 0.1) is 12.6 Å². The Morgan fingerprint density at radius 2 is 1.52 bits per heavy atom. The summed E-state index contributed by atoms with van der Waals surface area (Å²) in [5.41, 5.74) is -1.18. The van der Waals surface area contributed by atoms with Crippen molar-refractivity contribution in [1.82, 2.24) is 9.80 Å². The van der Waals surface area contributed by atoms with Gasteiger partial charge in [-0.1, -0.05) is 0 Å². The lowest BCUT2D eigenvalue weighted by molar-refractivity contribution is 0.00381. The zero-order chi connectivity index (χ0) is 17.8. The molecule has 7 nitrogen and oxygen atoms in total. The monoisotopic (exact) mass is 330 g/mol. The second kappa shape index (κ2) is 7.38. The molecule has 1 aliphatic heterocycles. The van der Waals surface area contributed by atoms with Crippen molar-refractivity contribution >= 4 is 12.2 Å². The molecule has 0 aromatic rings. The van der Waals surface area contributed by atoms with Crippen molar-refractivity contribution < 1.29 is 24.2 Å².